The second-order valence-corrected chi connectivity index (χ2v) is 9.62. The summed E-state index contributed by atoms with van der Waals surface area (Å²) in [6, 6.07) is 10.0. The molecule has 1 saturated heterocycles. The molecule has 30 heavy (non-hydrogen) atoms. The summed E-state index contributed by atoms with van der Waals surface area (Å²) in [7, 11) is -2.48. The fraction of sp³-hybridized carbons (Fsp3) is 0.381. The first-order valence-corrected chi connectivity index (χ1v) is 11.4. The highest BCUT2D eigenvalue weighted by atomic mass is 35.5. The second kappa shape index (κ2) is 9.32. The summed E-state index contributed by atoms with van der Waals surface area (Å²) in [5.41, 5.74) is 0.772. The van der Waals surface area contributed by atoms with Crippen molar-refractivity contribution in [3.63, 3.8) is 0 Å². The fourth-order valence-corrected chi connectivity index (χ4v) is 5.47. The van der Waals surface area contributed by atoms with E-state index in [1.165, 1.54) is 35.7 Å². The maximum absolute atomic E-state index is 13.2. The number of sulfonamides is 1. The van der Waals surface area contributed by atoms with Crippen molar-refractivity contribution in [2.45, 2.75) is 30.7 Å². The summed E-state index contributed by atoms with van der Waals surface area (Å²) in [6.45, 7) is 2.19. The van der Waals surface area contributed by atoms with Crippen LogP contribution in [0, 0.1) is 11.7 Å². The monoisotopic (exact) mass is 454 g/mol. The van der Waals surface area contributed by atoms with Gasteiger partial charge in [0.1, 0.15) is 16.5 Å². The number of hydrogen-bond donors (Lipinski definition) is 1. The van der Waals surface area contributed by atoms with E-state index in [1.807, 2.05) is 0 Å². The van der Waals surface area contributed by atoms with E-state index < -0.39 is 15.9 Å². The van der Waals surface area contributed by atoms with Gasteiger partial charge in [-0.1, -0.05) is 23.7 Å². The number of halogens is 2. The molecule has 0 aromatic heterocycles. The Morgan fingerprint density at radius 3 is 2.63 bits per heavy atom. The summed E-state index contributed by atoms with van der Waals surface area (Å²) < 4.78 is 46.0. The van der Waals surface area contributed by atoms with Crippen LogP contribution in [0.15, 0.2) is 47.4 Å². The molecule has 1 aliphatic heterocycles. The summed E-state index contributed by atoms with van der Waals surface area (Å²) in [6.07, 6.45) is 1.14. The quantitative estimate of drug-likeness (QED) is 0.721. The minimum Gasteiger partial charge on any atom is -0.495 e. The molecule has 2 aromatic carbocycles. The number of piperidine rings is 1. The molecule has 1 N–H and O–H groups in total. The number of carbonyl (C=O) groups is 1. The smallest absolute Gasteiger partial charge is 0.246 e. The molecule has 9 heteroatoms. The standard InChI is InChI=1S/C21H24ClFN2O4S/c1-14(15-5-8-18(23)9-6-15)24-21(26)16-4-3-11-25(13-16)30(27,28)20-12-17(22)7-10-19(20)29-2/h5-10,12,14,16H,3-4,11,13H2,1-2H3,(H,24,26)/t14-,16+/m0/s1. The predicted octanol–water partition coefficient (Wildman–Crippen LogP) is 3.77. The number of amides is 1. The maximum Gasteiger partial charge on any atom is 0.246 e. The van der Waals surface area contributed by atoms with Gasteiger partial charge in [-0.15, -0.1) is 0 Å². The lowest BCUT2D eigenvalue weighted by molar-refractivity contribution is -0.126. The number of ether oxygens (including phenoxy) is 1. The van der Waals surface area contributed by atoms with Gasteiger partial charge in [-0.2, -0.15) is 4.31 Å². The first kappa shape index (κ1) is 22.5. The number of hydrogen-bond acceptors (Lipinski definition) is 4. The summed E-state index contributed by atoms with van der Waals surface area (Å²) in [5, 5.41) is 3.19. The Kier molecular flexibility index (Phi) is 7.00. The molecule has 2 atom stereocenters. The van der Waals surface area contributed by atoms with Crippen LogP contribution < -0.4 is 10.1 Å². The lowest BCUT2D eigenvalue weighted by Crippen LogP contribution is -2.45. The Bertz CT molecular complexity index is 1010. The van der Waals surface area contributed by atoms with Gasteiger partial charge in [0.05, 0.1) is 19.1 Å². The number of nitrogens with zero attached hydrogens (tertiary/aromatic N) is 1. The number of rotatable bonds is 6. The molecule has 2 aromatic rings. The molecule has 0 aliphatic carbocycles. The molecule has 0 bridgehead atoms. The van der Waals surface area contributed by atoms with E-state index in [1.54, 1.807) is 25.1 Å². The molecular formula is C21H24ClFN2O4S. The average molecular weight is 455 g/mol. The predicted molar refractivity (Wildman–Crippen MR) is 112 cm³/mol. The molecule has 3 rings (SSSR count). The highest BCUT2D eigenvalue weighted by Gasteiger charge is 2.35. The largest absolute Gasteiger partial charge is 0.495 e. The van der Waals surface area contributed by atoms with E-state index in [0.29, 0.717) is 19.4 Å². The van der Waals surface area contributed by atoms with E-state index in [2.05, 4.69) is 5.32 Å². The molecule has 0 saturated carbocycles. The van der Waals surface area contributed by atoms with E-state index in [9.17, 15) is 17.6 Å². The van der Waals surface area contributed by atoms with Crippen LogP contribution in [0.25, 0.3) is 0 Å². The van der Waals surface area contributed by atoms with Crippen LogP contribution in [0.4, 0.5) is 4.39 Å². The van der Waals surface area contributed by atoms with Gasteiger partial charge in [0, 0.05) is 18.1 Å². The third kappa shape index (κ3) is 4.94. The minimum absolute atomic E-state index is 0.0155. The van der Waals surface area contributed by atoms with Gasteiger partial charge in [0.15, 0.2) is 0 Å². The van der Waals surface area contributed by atoms with Crippen molar-refractivity contribution in [1.29, 1.82) is 0 Å². The highest BCUT2D eigenvalue weighted by Crippen LogP contribution is 2.32. The minimum atomic E-state index is -3.88. The molecule has 6 nitrogen and oxygen atoms in total. The summed E-state index contributed by atoms with van der Waals surface area (Å²) in [4.78, 5) is 12.8. The Morgan fingerprint density at radius 2 is 1.97 bits per heavy atom. The maximum atomic E-state index is 13.2. The van der Waals surface area contributed by atoms with E-state index >= 15 is 0 Å². The molecular weight excluding hydrogens is 431 g/mol. The molecule has 1 heterocycles. The molecule has 0 unspecified atom stereocenters. The zero-order valence-corrected chi connectivity index (χ0v) is 18.3. The molecule has 1 aliphatic rings. The highest BCUT2D eigenvalue weighted by molar-refractivity contribution is 7.89. The van der Waals surface area contributed by atoms with Crippen LogP contribution in [0.1, 0.15) is 31.4 Å². The van der Waals surface area contributed by atoms with Gasteiger partial charge >= 0.3 is 0 Å². The van der Waals surface area contributed by atoms with Gasteiger partial charge < -0.3 is 10.1 Å². The van der Waals surface area contributed by atoms with Crippen molar-refractivity contribution in [2.75, 3.05) is 20.2 Å². The zero-order chi connectivity index (χ0) is 21.9. The number of methoxy groups -OCH3 is 1. The molecule has 1 fully saturated rings. The Balaban J connectivity index is 1.73. The van der Waals surface area contributed by atoms with E-state index in [-0.39, 0.29) is 40.0 Å². The third-order valence-electron chi connectivity index (χ3n) is 5.23. The zero-order valence-electron chi connectivity index (χ0n) is 16.8. The average Bonchev–Trinajstić information content (AvgIpc) is 2.74. The molecule has 162 valence electrons. The Morgan fingerprint density at radius 1 is 1.27 bits per heavy atom. The molecule has 0 spiro atoms. The number of carbonyl (C=O) groups excluding carboxylic acids is 1. The van der Waals surface area contributed by atoms with Crippen LogP contribution in [-0.4, -0.2) is 38.8 Å². The van der Waals surface area contributed by atoms with Gasteiger partial charge in [-0.05, 0) is 55.7 Å². The van der Waals surface area contributed by atoms with Crippen molar-refractivity contribution in [2.24, 2.45) is 5.92 Å². The lowest BCUT2D eigenvalue weighted by atomic mass is 9.98. The van der Waals surface area contributed by atoms with Crippen molar-refractivity contribution in [1.82, 2.24) is 9.62 Å². The SMILES string of the molecule is COc1ccc(Cl)cc1S(=O)(=O)N1CCC[C@@H](C(=O)N[C@@H](C)c2ccc(F)cc2)C1. The van der Waals surface area contributed by atoms with E-state index in [0.717, 1.165) is 5.56 Å². The van der Waals surface area contributed by atoms with Crippen molar-refractivity contribution < 1.29 is 22.3 Å². The molecule has 0 radical (unpaired) electrons. The first-order chi connectivity index (χ1) is 14.2. The van der Waals surface area contributed by atoms with Crippen LogP contribution in [-0.2, 0) is 14.8 Å². The summed E-state index contributed by atoms with van der Waals surface area (Å²) in [5.74, 6) is -0.857. The van der Waals surface area contributed by atoms with Crippen LogP contribution >= 0.6 is 11.6 Å². The first-order valence-electron chi connectivity index (χ1n) is 9.62. The van der Waals surface area contributed by atoms with Gasteiger partial charge in [0.2, 0.25) is 15.9 Å². The van der Waals surface area contributed by atoms with Gasteiger partial charge in [0.25, 0.3) is 0 Å². The van der Waals surface area contributed by atoms with Crippen LogP contribution in [0.2, 0.25) is 5.02 Å². The number of nitrogens with one attached hydrogen (secondary N) is 1. The fourth-order valence-electron chi connectivity index (χ4n) is 3.53. The molecule has 1 amide bonds. The van der Waals surface area contributed by atoms with Crippen LogP contribution in [0.5, 0.6) is 5.75 Å². The van der Waals surface area contributed by atoms with Crippen LogP contribution in [0.3, 0.4) is 0 Å². The lowest BCUT2D eigenvalue weighted by Gasteiger charge is -2.32. The Hall–Kier alpha value is -2.16. The van der Waals surface area contributed by atoms with Crippen molar-refractivity contribution >= 4 is 27.5 Å². The van der Waals surface area contributed by atoms with Gasteiger partial charge in [-0.3, -0.25) is 4.79 Å². The van der Waals surface area contributed by atoms with Gasteiger partial charge in [-0.25, -0.2) is 12.8 Å². The third-order valence-corrected chi connectivity index (χ3v) is 7.35. The second-order valence-electron chi connectivity index (χ2n) is 7.28. The van der Waals surface area contributed by atoms with Crippen molar-refractivity contribution in [3.8, 4) is 5.75 Å². The Labute approximate surface area is 181 Å². The normalized spacial score (nSPS) is 18.6. The summed E-state index contributed by atoms with van der Waals surface area (Å²) >= 11 is 6.00. The van der Waals surface area contributed by atoms with E-state index in [4.69, 9.17) is 16.3 Å². The topological polar surface area (TPSA) is 75.7 Å². The number of benzene rings is 2. The van der Waals surface area contributed by atoms with Crippen molar-refractivity contribution in [3.05, 3.63) is 58.9 Å².